The molecular weight excluding hydrogens is 268 g/mol. The van der Waals surface area contributed by atoms with E-state index in [2.05, 4.69) is 13.8 Å². The van der Waals surface area contributed by atoms with Crippen LogP contribution < -0.4 is 4.74 Å². The standard InChI is InChI=1S/C17H26O4/c1-4-7-8-13(5-2)12-21-16-10-14(9-15(18)11-16)17(19)20-6-3/h9-11,13,18H,4-8,12H2,1-3H3. The van der Waals surface area contributed by atoms with E-state index in [1.807, 2.05) is 0 Å². The van der Waals surface area contributed by atoms with Gasteiger partial charge in [-0.15, -0.1) is 0 Å². The maximum Gasteiger partial charge on any atom is 0.338 e. The number of rotatable bonds is 9. The summed E-state index contributed by atoms with van der Waals surface area (Å²) in [4.78, 5) is 11.7. The van der Waals surface area contributed by atoms with Crippen molar-refractivity contribution < 1.29 is 19.4 Å². The summed E-state index contributed by atoms with van der Waals surface area (Å²) in [6.07, 6.45) is 4.56. The van der Waals surface area contributed by atoms with Gasteiger partial charge in [-0.2, -0.15) is 0 Å². The smallest absolute Gasteiger partial charge is 0.338 e. The van der Waals surface area contributed by atoms with Crippen LogP contribution >= 0.6 is 0 Å². The Morgan fingerprint density at radius 2 is 2.00 bits per heavy atom. The second-order valence-corrected chi connectivity index (χ2v) is 5.16. The fraction of sp³-hybridized carbons (Fsp3) is 0.588. The molecule has 1 atom stereocenters. The number of carbonyl (C=O) groups is 1. The number of ether oxygens (including phenoxy) is 2. The van der Waals surface area contributed by atoms with E-state index >= 15 is 0 Å². The van der Waals surface area contributed by atoms with Gasteiger partial charge in [-0.3, -0.25) is 0 Å². The van der Waals surface area contributed by atoms with Crippen molar-refractivity contribution in [3.63, 3.8) is 0 Å². The third-order valence-electron chi connectivity index (χ3n) is 3.43. The van der Waals surface area contributed by atoms with Crippen LogP contribution in [0.3, 0.4) is 0 Å². The summed E-state index contributed by atoms with van der Waals surface area (Å²) >= 11 is 0. The summed E-state index contributed by atoms with van der Waals surface area (Å²) in [7, 11) is 0. The number of unbranched alkanes of at least 4 members (excludes halogenated alkanes) is 1. The largest absolute Gasteiger partial charge is 0.508 e. The minimum atomic E-state index is -0.448. The van der Waals surface area contributed by atoms with Crippen LogP contribution in [0.15, 0.2) is 18.2 Å². The lowest BCUT2D eigenvalue weighted by Gasteiger charge is -2.16. The van der Waals surface area contributed by atoms with Gasteiger partial charge < -0.3 is 14.6 Å². The molecule has 0 aromatic heterocycles. The van der Waals surface area contributed by atoms with Crippen molar-refractivity contribution in [2.24, 2.45) is 5.92 Å². The predicted molar refractivity (Wildman–Crippen MR) is 82.9 cm³/mol. The van der Waals surface area contributed by atoms with E-state index in [1.165, 1.54) is 25.0 Å². The Labute approximate surface area is 127 Å². The van der Waals surface area contributed by atoms with Crippen molar-refractivity contribution in [2.45, 2.75) is 46.5 Å². The summed E-state index contributed by atoms with van der Waals surface area (Å²) in [6.45, 7) is 6.98. The second-order valence-electron chi connectivity index (χ2n) is 5.16. The number of esters is 1. The van der Waals surface area contributed by atoms with E-state index < -0.39 is 5.97 Å². The quantitative estimate of drug-likeness (QED) is 0.695. The number of benzene rings is 1. The minimum Gasteiger partial charge on any atom is -0.508 e. The van der Waals surface area contributed by atoms with Gasteiger partial charge in [-0.05, 0) is 31.4 Å². The van der Waals surface area contributed by atoms with Crippen LogP contribution in [0.2, 0.25) is 0 Å². The molecule has 0 aliphatic heterocycles. The molecule has 4 heteroatoms. The Morgan fingerprint density at radius 3 is 2.62 bits per heavy atom. The zero-order valence-corrected chi connectivity index (χ0v) is 13.2. The number of phenolic OH excluding ortho intramolecular Hbond substituents is 1. The minimum absolute atomic E-state index is 0.0113. The van der Waals surface area contributed by atoms with Crippen molar-refractivity contribution in [3.8, 4) is 11.5 Å². The van der Waals surface area contributed by atoms with E-state index in [4.69, 9.17) is 9.47 Å². The average molecular weight is 294 g/mol. The molecule has 0 bridgehead atoms. The molecule has 1 N–H and O–H groups in total. The molecular formula is C17H26O4. The van der Waals surface area contributed by atoms with E-state index in [9.17, 15) is 9.90 Å². The zero-order valence-electron chi connectivity index (χ0n) is 13.2. The van der Waals surface area contributed by atoms with Gasteiger partial charge in [-0.1, -0.05) is 33.1 Å². The Hall–Kier alpha value is -1.71. The third-order valence-corrected chi connectivity index (χ3v) is 3.43. The van der Waals surface area contributed by atoms with Gasteiger partial charge in [0.1, 0.15) is 11.5 Å². The molecule has 0 saturated carbocycles. The predicted octanol–water partition coefficient (Wildman–Crippen LogP) is 4.16. The Kier molecular flexibility index (Phi) is 7.65. The highest BCUT2D eigenvalue weighted by atomic mass is 16.5. The zero-order chi connectivity index (χ0) is 15.7. The Balaban J connectivity index is 2.68. The van der Waals surface area contributed by atoms with Crippen LogP contribution in [-0.2, 0) is 4.74 Å². The van der Waals surface area contributed by atoms with Crippen LogP contribution in [0.1, 0.15) is 56.8 Å². The normalized spacial score (nSPS) is 12.0. The molecule has 118 valence electrons. The Morgan fingerprint density at radius 1 is 1.24 bits per heavy atom. The first-order valence-electron chi connectivity index (χ1n) is 7.74. The lowest BCUT2D eigenvalue weighted by molar-refractivity contribution is 0.0525. The summed E-state index contributed by atoms with van der Waals surface area (Å²) < 4.78 is 10.7. The molecule has 0 amide bonds. The second kappa shape index (κ2) is 9.27. The molecule has 0 radical (unpaired) electrons. The topological polar surface area (TPSA) is 55.8 Å². The van der Waals surface area contributed by atoms with Crippen LogP contribution in [-0.4, -0.2) is 24.3 Å². The van der Waals surface area contributed by atoms with Gasteiger partial charge in [0, 0.05) is 6.07 Å². The van der Waals surface area contributed by atoms with Crippen LogP contribution in [0, 0.1) is 5.92 Å². The molecule has 4 nitrogen and oxygen atoms in total. The highest BCUT2D eigenvalue weighted by Crippen LogP contribution is 2.24. The first kappa shape index (κ1) is 17.3. The first-order valence-corrected chi connectivity index (χ1v) is 7.74. The number of hydrogen-bond donors (Lipinski definition) is 1. The van der Waals surface area contributed by atoms with Gasteiger partial charge >= 0.3 is 5.97 Å². The number of phenols is 1. The molecule has 1 rings (SSSR count). The molecule has 1 aromatic rings. The molecule has 0 heterocycles. The van der Waals surface area contributed by atoms with Gasteiger partial charge in [0.15, 0.2) is 0 Å². The lowest BCUT2D eigenvalue weighted by atomic mass is 10.0. The third kappa shape index (κ3) is 6.06. The molecule has 1 aromatic carbocycles. The van der Waals surface area contributed by atoms with Gasteiger partial charge in [0.05, 0.1) is 18.8 Å². The fourth-order valence-corrected chi connectivity index (χ4v) is 2.11. The highest BCUT2D eigenvalue weighted by Gasteiger charge is 2.12. The van der Waals surface area contributed by atoms with Crippen LogP contribution in [0.4, 0.5) is 0 Å². The SMILES string of the molecule is CCCCC(CC)COc1cc(O)cc(C(=O)OCC)c1. The molecule has 0 aliphatic carbocycles. The molecule has 0 spiro atoms. The number of aromatic hydroxyl groups is 1. The lowest BCUT2D eigenvalue weighted by Crippen LogP contribution is -2.12. The van der Waals surface area contributed by atoms with E-state index in [-0.39, 0.29) is 5.75 Å². The first-order chi connectivity index (χ1) is 10.1. The van der Waals surface area contributed by atoms with Gasteiger partial charge in [0.25, 0.3) is 0 Å². The van der Waals surface area contributed by atoms with Crippen molar-refractivity contribution in [2.75, 3.05) is 13.2 Å². The molecule has 0 saturated heterocycles. The maximum atomic E-state index is 11.7. The van der Waals surface area contributed by atoms with Crippen molar-refractivity contribution >= 4 is 5.97 Å². The molecule has 1 unspecified atom stereocenters. The van der Waals surface area contributed by atoms with Crippen molar-refractivity contribution in [1.82, 2.24) is 0 Å². The molecule has 0 fully saturated rings. The van der Waals surface area contributed by atoms with Gasteiger partial charge in [0.2, 0.25) is 0 Å². The highest BCUT2D eigenvalue weighted by molar-refractivity contribution is 5.90. The fourth-order valence-electron chi connectivity index (χ4n) is 2.11. The summed E-state index contributed by atoms with van der Waals surface area (Å²) in [5, 5.41) is 9.69. The Bertz CT molecular complexity index is 442. The maximum absolute atomic E-state index is 11.7. The summed E-state index contributed by atoms with van der Waals surface area (Å²) in [5.74, 6) is 0.569. The monoisotopic (exact) mass is 294 g/mol. The number of hydrogen-bond acceptors (Lipinski definition) is 4. The van der Waals surface area contributed by atoms with Crippen molar-refractivity contribution in [1.29, 1.82) is 0 Å². The summed E-state index contributed by atoms with van der Waals surface area (Å²) in [5.41, 5.74) is 0.313. The van der Waals surface area contributed by atoms with Gasteiger partial charge in [-0.25, -0.2) is 4.79 Å². The summed E-state index contributed by atoms with van der Waals surface area (Å²) in [6, 6.07) is 4.53. The molecule has 0 aliphatic rings. The van der Waals surface area contributed by atoms with Crippen LogP contribution in [0.25, 0.3) is 0 Å². The van der Waals surface area contributed by atoms with Crippen LogP contribution in [0.5, 0.6) is 11.5 Å². The van der Waals surface area contributed by atoms with E-state index in [1.54, 1.807) is 13.0 Å². The average Bonchev–Trinajstić information content (AvgIpc) is 2.47. The number of carbonyl (C=O) groups excluding carboxylic acids is 1. The van der Waals surface area contributed by atoms with E-state index in [0.717, 1.165) is 12.8 Å². The molecule has 21 heavy (non-hydrogen) atoms. The van der Waals surface area contributed by atoms with Crippen molar-refractivity contribution in [3.05, 3.63) is 23.8 Å². The van der Waals surface area contributed by atoms with E-state index in [0.29, 0.717) is 30.4 Å².